The maximum absolute atomic E-state index is 4.17. The highest BCUT2D eigenvalue weighted by Crippen LogP contribution is 2.38. The van der Waals surface area contributed by atoms with E-state index in [1.165, 1.54) is 32.7 Å². The molecule has 0 atom stereocenters. The summed E-state index contributed by atoms with van der Waals surface area (Å²) in [4.78, 5) is 0. The fraction of sp³-hybridized carbons (Fsp3) is 0. The summed E-state index contributed by atoms with van der Waals surface area (Å²) in [5, 5.41) is 5.15. The zero-order valence-electron chi connectivity index (χ0n) is 11.1. The molecule has 0 heteroatoms. The zero-order chi connectivity index (χ0) is 13.5. The minimum Gasteiger partial charge on any atom is -0.0911 e. The van der Waals surface area contributed by atoms with Gasteiger partial charge < -0.3 is 0 Å². The Morgan fingerprint density at radius 2 is 1.35 bits per heavy atom. The lowest BCUT2D eigenvalue weighted by atomic mass is 9.90. The Morgan fingerprint density at radius 3 is 1.90 bits per heavy atom. The Bertz CT molecular complexity index is 854. The highest BCUT2D eigenvalue weighted by Gasteiger charge is 2.14. The largest absolute Gasteiger partial charge is 0.0911 e. The molecule has 0 unspecified atom stereocenters. The monoisotopic (exact) mass is 254 g/mol. The molecule has 0 fully saturated rings. The Hall–Kier alpha value is -2.60. The second-order valence-corrected chi connectivity index (χ2v) is 5.16. The fourth-order valence-corrected chi connectivity index (χ4v) is 3.01. The van der Waals surface area contributed by atoms with Crippen molar-refractivity contribution in [3.8, 4) is 0 Å². The van der Waals surface area contributed by atoms with Crippen LogP contribution in [0.25, 0.3) is 27.1 Å². The van der Waals surface area contributed by atoms with Crippen molar-refractivity contribution in [2.24, 2.45) is 0 Å². The van der Waals surface area contributed by atoms with Crippen LogP contribution < -0.4 is 0 Å². The summed E-state index contributed by atoms with van der Waals surface area (Å²) in [7, 11) is 0. The van der Waals surface area contributed by atoms with Crippen molar-refractivity contribution >= 4 is 27.1 Å². The van der Waals surface area contributed by atoms with Gasteiger partial charge in [0.15, 0.2) is 0 Å². The van der Waals surface area contributed by atoms with Crippen LogP contribution in [0.4, 0.5) is 0 Å². The molecular formula is C20H14. The third-order valence-corrected chi connectivity index (χ3v) is 3.95. The van der Waals surface area contributed by atoms with Crippen molar-refractivity contribution in [1.82, 2.24) is 0 Å². The number of fused-ring (bicyclic) bond motifs is 2. The van der Waals surface area contributed by atoms with Crippen molar-refractivity contribution in [3.63, 3.8) is 0 Å². The minimum atomic E-state index is 1.09. The number of hydrogen-bond donors (Lipinski definition) is 0. The topological polar surface area (TPSA) is 0 Å². The van der Waals surface area contributed by atoms with Crippen LogP contribution in [0.1, 0.15) is 5.56 Å². The van der Waals surface area contributed by atoms with Gasteiger partial charge in [0.05, 0.1) is 0 Å². The van der Waals surface area contributed by atoms with E-state index >= 15 is 0 Å². The average Bonchev–Trinajstić information content (AvgIpc) is 2.90. The molecule has 3 aromatic carbocycles. The predicted molar refractivity (Wildman–Crippen MR) is 87.7 cm³/mol. The number of allylic oxidation sites excluding steroid dienone is 5. The Morgan fingerprint density at radius 1 is 0.750 bits per heavy atom. The fourth-order valence-electron chi connectivity index (χ4n) is 3.01. The first kappa shape index (κ1) is 11.2. The predicted octanol–water partition coefficient (Wildman–Crippen LogP) is 5.50. The maximum Gasteiger partial charge on any atom is -0.00210 e. The van der Waals surface area contributed by atoms with Gasteiger partial charge in [-0.15, -0.1) is 0 Å². The van der Waals surface area contributed by atoms with E-state index in [4.69, 9.17) is 0 Å². The summed E-state index contributed by atoms with van der Waals surface area (Å²) in [5.41, 5.74) is 3.62. The van der Waals surface area contributed by atoms with Crippen LogP contribution >= 0.6 is 0 Å². The number of rotatable bonds is 1. The molecule has 3 aromatic rings. The smallest absolute Gasteiger partial charge is 0.00210 e. The summed E-state index contributed by atoms with van der Waals surface area (Å²) < 4.78 is 0. The third-order valence-electron chi connectivity index (χ3n) is 3.95. The van der Waals surface area contributed by atoms with Gasteiger partial charge in [-0.3, -0.25) is 0 Å². The molecule has 1 aliphatic carbocycles. The first-order valence-electron chi connectivity index (χ1n) is 6.83. The molecule has 0 saturated carbocycles. The van der Waals surface area contributed by atoms with Crippen molar-refractivity contribution in [1.29, 1.82) is 0 Å². The van der Waals surface area contributed by atoms with Gasteiger partial charge in [-0.05, 0) is 44.3 Å². The summed E-state index contributed by atoms with van der Waals surface area (Å²) >= 11 is 0. The molecule has 4 rings (SSSR count). The van der Waals surface area contributed by atoms with Gasteiger partial charge in [-0.25, -0.2) is 0 Å². The first-order valence-corrected chi connectivity index (χ1v) is 6.83. The van der Waals surface area contributed by atoms with Crippen molar-refractivity contribution in [2.45, 2.75) is 0 Å². The second-order valence-electron chi connectivity index (χ2n) is 5.16. The van der Waals surface area contributed by atoms with Crippen LogP contribution in [0.2, 0.25) is 0 Å². The Balaban J connectivity index is 2.21. The SMILES string of the molecule is C=C1C=CC=C1c1c2ccccc2cc2ccccc12. The van der Waals surface area contributed by atoms with Gasteiger partial charge in [0, 0.05) is 0 Å². The highest BCUT2D eigenvalue weighted by atomic mass is 14.2. The van der Waals surface area contributed by atoms with Gasteiger partial charge >= 0.3 is 0 Å². The van der Waals surface area contributed by atoms with Gasteiger partial charge in [-0.1, -0.05) is 73.3 Å². The molecule has 1 aliphatic rings. The molecule has 0 radical (unpaired) electrons. The molecular weight excluding hydrogens is 240 g/mol. The van der Waals surface area contributed by atoms with Crippen molar-refractivity contribution in [2.75, 3.05) is 0 Å². The standard InChI is InChI=1S/C20H14/c1-14-7-6-12-17(14)20-18-10-4-2-8-15(18)13-16-9-3-5-11-19(16)20/h2-13H,1H2. The molecule has 0 heterocycles. The normalized spacial score (nSPS) is 14.2. The van der Waals surface area contributed by atoms with E-state index < -0.39 is 0 Å². The number of benzene rings is 3. The van der Waals surface area contributed by atoms with Crippen LogP contribution in [0.15, 0.2) is 85.0 Å². The van der Waals surface area contributed by atoms with Gasteiger partial charge in [0.2, 0.25) is 0 Å². The lowest BCUT2D eigenvalue weighted by Crippen LogP contribution is -1.89. The van der Waals surface area contributed by atoms with Crippen molar-refractivity contribution in [3.05, 3.63) is 90.5 Å². The molecule has 20 heavy (non-hydrogen) atoms. The minimum absolute atomic E-state index is 1.09. The van der Waals surface area contributed by atoms with Crippen LogP contribution in [0.5, 0.6) is 0 Å². The van der Waals surface area contributed by atoms with E-state index in [1.54, 1.807) is 0 Å². The van der Waals surface area contributed by atoms with E-state index in [2.05, 4.69) is 79.4 Å². The molecule has 0 saturated heterocycles. The van der Waals surface area contributed by atoms with Crippen molar-refractivity contribution < 1.29 is 0 Å². The molecule has 0 amide bonds. The van der Waals surface area contributed by atoms with E-state index in [-0.39, 0.29) is 0 Å². The average molecular weight is 254 g/mol. The molecule has 0 nitrogen and oxygen atoms in total. The summed E-state index contributed by atoms with van der Waals surface area (Å²) in [5.74, 6) is 0. The van der Waals surface area contributed by atoms with Crippen LogP contribution in [-0.2, 0) is 0 Å². The molecule has 0 N–H and O–H groups in total. The molecule has 94 valence electrons. The van der Waals surface area contributed by atoms with Gasteiger partial charge in [0.1, 0.15) is 0 Å². The Kier molecular flexibility index (Phi) is 2.37. The van der Waals surface area contributed by atoms with E-state index in [1.807, 2.05) is 0 Å². The first-order chi connectivity index (χ1) is 9.84. The lowest BCUT2D eigenvalue weighted by Gasteiger charge is -2.13. The van der Waals surface area contributed by atoms with E-state index in [0.717, 1.165) is 5.57 Å². The molecule has 0 aliphatic heterocycles. The second kappa shape index (κ2) is 4.21. The molecule has 0 aromatic heterocycles. The van der Waals surface area contributed by atoms with Gasteiger partial charge in [-0.2, -0.15) is 0 Å². The van der Waals surface area contributed by atoms with E-state index in [9.17, 15) is 0 Å². The van der Waals surface area contributed by atoms with Crippen LogP contribution in [0.3, 0.4) is 0 Å². The summed E-state index contributed by atoms with van der Waals surface area (Å²) in [6.07, 6.45) is 6.32. The quantitative estimate of drug-likeness (QED) is 0.503. The van der Waals surface area contributed by atoms with E-state index in [0.29, 0.717) is 0 Å². The maximum atomic E-state index is 4.17. The summed E-state index contributed by atoms with van der Waals surface area (Å²) in [6, 6.07) is 19.4. The Labute approximate surface area is 118 Å². The lowest BCUT2D eigenvalue weighted by molar-refractivity contribution is 1.70. The number of hydrogen-bond acceptors (Lipinski definition) is 0. The molecule has 0 bridgehead atoms. The van der Waals surface area contributed by atoms with Crippen LogP contribution in [-0.4, -0.2) is 0 Å². The highest BCUT2D eigenvalue weighted by molar-refractivity contribution is 6.12. The third kappa shape index (κ3) is 1.55. The summed E-state index contributed by atoms with van der Waals surface area (Å²) in [6.45, 7) is 4.17. The van der Waals surface area contributed by atoms with Gasteiger partial charge in [0.25, 0.3) is 0 Å². The zero-order valence-corrected chi connectivity index (χ0v) is 11.1. The molecule has 0 spiro atoms. The van der Waals surface area contributed by atoms with Crippen LogP contribution in [0, 0.1) is 0 Å².